The van der Waals surface area contributed by atoms with Crippen molar-refractivity contribution in [2.24, 2.45) is 11.8 Å². The molecule has 6 heteroatoms. The first-order chi connectivity index (χ1) is 11.5. The molecule has 1 saturated heterocycles. The van der Waals surface area contributed by atoms with Gasteiger partial charge in [0.2, 0.25) is 5.91 Å². The highest BCUT2D eigenvalue weighted by Gasteiger charge is 2.28. The Bertz CT molecular complexity index is 568. The molecule has 1 aliphatic carbocycles. The fourth-order valence-corrected chi connectivity index (χ4v) is 3.86. The van der Waals surface area contributed by atoms with Crippen LogP contribution in [0.25, 0.3) is 0 Å². The summed E-state index contributed by atoms with van der Waals surface area (Å²) >= 11 is 0. The molecule has 2 atom stereocenters. The van der Waals surface area contributed by atoms with Gasteiger partial charge < -0.3 is 20.1 Å². The molecule has 3 rings (SSSR count). The van der Waals surface area contributed by atoms with Crippen LogP contribution in [0.15, 0.2) is 0 Å². The lowest BCUT2D eigenvalue weighted by atomic mass is 9.89. The van der Waals surface area contributed by atoms with Gasteiger partial charge in [0.05, 0.1) is 5.69 Å². The molecule has 0 aromatic carbocycles. The Labute approximate surface area is 145 Å². The Kier molecular flexibility index (Phi) is 5.56. The highest BCUT2D eigenvalue weighted by atomic mass is 16.1. The summed E-state index contributed by atoms with van der Waals surface area (Å²) in [7, 11) is 4.23. The Balaban J connectivity index is 1.40. The van der Waals surface area contributed by atoms with E-state index in [0.717, 1.165) is 69.2 Å². The van der Waals surface area contributed by atoms with Gasteiger partial charge in [-0.3, -0.25) is 4.79 Å². The lowest BCUT2D eigenvalue weighted by Crippen LogP contribution is -2.38. The van der Waals surface area contributed by atoms with Crippen molar-refractivity contribution in [2.45, 2.75) is 32.6 Å². The van der Waals surface area contributed by atoms with Crippen molar-refractivity contribution in [3.63, 3.8) is 0 Å². The molecular formula is C18H31N5O. The van der Waals surface area contributed by atoms with Crippen molar-refractivity contribution in [3.8, 4) is 0 Å². The molecule has 1 aliphatic heterocycles. The predicted octanol–water partition coefficient (Wildman–Crippen LogP) is 0.823. The molecule has 1 aromatic rings. The summed E-state index contributed by atoms with van der Waals surface area (Å²) in [4.78, 5) is 25.0. The molecule has 0 bridgehead atoms. The smallest absolute Gasteiger partial charge is 0.223 e. The third-order valence-electron chi connectivity index (χ3n) is 5.33. The molecule has 2 heterocycles. The van der Waals surface area contributed by atoms with Gasteiger partial charge in [-0.05, 0) is 52.7 Å². The van der Waals surface area contributed by atoms with Crippen molar-refractivity contribution in [3.05, 3.63) is 17.2 Å². The average molecular weight is 333 g/mol. The van der Waals surface area contributed by atoms with Crippen LogP contribution < -0.4 is 5.32 Å². The van der Waals surface area contributed by atoms with Crippen LogP contribution >= 0.6 is 0 Å². The van der Waals surface area contributed by atoms with Gasteiger partial charge in [0.15, 0.2) is 0 Å². The van der Waals surface area contributed by atoms with Crippen LogP contribution in [0, 0.1) is 18.8 Å². The second-order valence-corrected chi connectivity index (χ2v) is 7.69. The van der Waals surface area contributed by atoms with Crippen molar-refractivity contribution in [2.75, 3.05) is 46.8 Å². The standard InChI is InChI=1S/C18H31N5O/c1-13-20-16-5-4-15(10-17(16)21-13)18(24)19-11-14-6-7-23(12-14)9-8-22(2)3/h14-15H,4-12H2,1-3H3,(H,19,24)(H,20,21). The molecule has 1 amide bonds. The van der Waals surface area contributed by atoms with Gasteiger partial charge in [0, 0.05) is 44.2 Å². The van der Waals surface area contributed by atoms with E-state index in [9.17, 15) is 4.79 Å². The summed E-state index contributed by atoms with van der Waals surface area (Å²) in [6, 6.07) is 0. The van der Waals surface area contributed by atoms with Crippen molar-refractivity contribution < 1.29 is 4.79 Å². The maximum atomic E-state index is 12.5. The number of hydrogen-bond donors (Lipinski definition) is 2. The number of fused-ring (bicyclic) bond motifs is 1. The zero-order valence-corrected chi connectivity index (χ0v) is 15.3. The van der Waals surface area contributed by atoms with E-state index in [2.05, 4.69) is 39.2 Å². The van der Waals surface area contributed by atoms with Gasteiger partial charge in [-0.15, -0.1) is 0 Å². The number of likely N-dealkylation sites (N-methyl/N-ethyl adjacent to an activating group) is 1. The van der Waals surface area contributed by atoms with E-state index in [1.54, 1.807) is 0 Å². The Morgan fingerprint density at radius 3 is 3.04 bits per heavy atom. The SMILES string of the molecule is Cc1nc2c([nH]1)CC(C(=O)NCC1CCN(CCN(C)C)C1)CC2. The summed E-state index contributed by atoms with van der Waals surface area (Å²) in [5, 5.41) is 3.21. The lowest BCUT2D eigenvalue weighted by Gasteiger charge is -2.22. The molecule has 0 spiro atoms. The Morgan fingerprint density at radius 2 is 2.25 bits per heavy atom. The van der Waals surface area contributed by atoms with E-state index >= 15 is 0 Å². The molecule has 24 heavy (non-hydrogen) atoms. The Hall–Kier alpha value is -1.40. The first kappa shape index (κ1) is 17.4. The molecule has 0 radical (unpaired) electrons. The maximum Gasteiger partial charge on any atom is 0.223 e. The number of nitrogens with zero attached hydrogens (tertiary/aromatic N) is 3. The number of hydrogen-bond acceptors (Lipinski definition) is 4. The minimum absolute atomic E-state index is 0.101. The van der Waals surface area contributed by atoms with Crippen LogP contribution in [0.4, 0.5) is 0 Å². The monoisotopic (exact) mass is 333 g/mol. The Morgan fingerprint density at radius 1 is 1.42 bits per heavy atom. The van der Waals surface area contributed by atoms with Gasteiger partial charge in [0.25, 0.3) is 0 Å². The molecule has 2 aliphatic rings. The maximum absolute atomic E-state index is 12.5. The number of carbonyl (C=O) groups excluding carboxylic acids is 1. The van der Waals surface area contributed by atoms with Crippen LogP contribution in [-0.4, -0.2) is 72.5 Å². The third-order valence-corrected chi connectivity index (χ3v) is 5.33. The van der Waals surface area contributed by atoms with Gasteiger partial charge in [-0.2, -0.15) is 0 Å². The molecule has 1 aromatic heterocycles. The minimum Gasteiger partial charge on any atom is -0.356 e. The topological polar surface area (TPSA) is 64.3 Å². The molecule has 6 nitrogen and oxygen atoms in total. The van der Waals surface area contributed by atoms with Crippen LogP contribution in [0.2, 0.25) is 0 Å². The number of aromatic nitrogens is 2. The van der Waals surface area contributed by atoms with E-state index in [1.807, 2.05) is 6.92 Å². The van der Waals surface area contributed by atoms with E-state index < -0.39 is 0 Å². The molecule has 1 fully saturated rings. The van der Waals surface area contributed by atoms with Crippen LogP contribution in [0.3, 0.4) is 0 Å². The van der Waals surface area contributed by atoms with Gasteiger partial charge in [-0.25, -0.2) is 4.98 Å². The third kappa shape index (κ3) is 4.36. The number of aryl methyl sites for hydroxylation is 2. The molecule has 0 saturated carbocycles. The zero-order chi connectivity index (χ0) is 17.1. The van der Waals surface area contributed by atoms with Gasteiger partial charge in [-0.1, -0.05) is 0 Å². The molecular weight excluding hydrogens is 302 g/mol. The van der Waals surface area contributed by atoms with Gasteiger partial charge in [0.1, 0.15) is 5.82 Å². The highest BCUT2D eigenvalue weighted by molar-refractivity contribution is 5.79. The molecule has 2 N–H and O–H groups in total. The normalized spacial score (nSPS) is 24.3. The fourth-order valence-electron chi connectivity index (χ4n) is 3.86. The fraction of sp³-hybridized carbons (Fsp3) is 0.778. The summed E-state index contributed by atoms with van der Waals surface area (Å²) in [5.41, 5.74) is 2.32. The first-order valence-corrected chi connectivity index (χ1v) is 9.20. The molecule has 134 valence electrons. The lowest BCUT2D eigenvalue weighted by molar-refractivity contribution is -0.125. The van der Waals surface area contributed by atoms with Crippen molar-refractivity contribution in [1.29, 1.82) is 0 Å². The van der Waals surface area contributed by atoms with Crippen LogP contribution in [0.1, 0.15) is 30.1 Å². The average Bonchev–Trinajstić information content (AvgIpc) is 3.14. The zero-order valence-electron chi connectivity index (χ0n) is 15.3. The molecule has 2 unspecified atom stereocenters. The van der Waals surface area contributed by atoms with E-state index in [0.29, 0.717) is 5.92 Å². The number of amides is 1. The first-order valence-electron chi connectivity index (χ1n) is 9.20. The number of aromatic amines is 1. The number of carbonyl (C=O) groups is 1. The summed E-state index contributed by atoms with van der Waals surface area (Å²) < 4.78 is 0. The van der Waals surface area contributed by atoms with Crippen molar-refractivity contribution in [1.82, 2.24) is 25.1 Å². The van der Waals surface area contributed by atoms with E-state index in [-0.39, 0.29) is 11.8 Å². The number of imidazole rings is 1. The second kappa shape index (κ2) is 7.66. The number of likely N-dealkylation sites (tertiary alicyclic amines) is 1. The highest BCUT2D eigenvalue weighted by Crippen LogP contribution is 2.24. The number of H-pyrrole nitrogens is 1. The van der Waals surface area contributed by atoms with Gasteiger partial charge >= 0.3 is 0 Å². The van der Waals surface area contributed by atoms with Crippen molar-refractivity contribution >= 4 is 5.91 Å². The largest absolute Gasteiger partial charge is 0.356 e. The number of nitrogens with one attached hydrogen (secondary N) is 2. The summed E-state index contributed by atoms with van der Waals surface area (Å²) in [5.74, 6) is 1.89. The second-order valence-electron chi connectivity index (χ2n) is 7.69. The summed E-state index contributed by atoms with van der Waals surface area (Å²) in [6.07, 6.45) is 3.84. The predicted molar refractivity (Wildman–Crippen MR) is 95.0 cm³/mol. The van der Waals surface area contributed by atoms with E-state index in [1.165, 1.54) is 6.42 Å². The van der Waals surface area contributed by atoms with Crippen LogP contribution in [-0.2, 0) is 17.6 Å². The number of rotatable bonds is 6. The minimum atomic E-state index is 0.101. The quantitative estimate of drug-likeness (QED) is 0.809. The summed E-state index contributed by atoms with van der Waals surface area (Å²) in [6.45, 7) is 7.31. The van der Waals surface area contributed by atoms with E-state index in [4.69, 9.17) is 0 Å². The van der Waals surface area contributed by atoms with Crippen LogP contribution in [0.5, 0.6) is 0 Å².